The minimum Gasteiger partial charge on any atom is -0.298 e. The van der Waals surface area contributed by atoms with Crippen molar-refractivity contribution in [1.82, 2.24) is 14.5 Å². The Bertz CT molecular complexity index is 566. The summed E-state index contributed by atoms with van der Waals surface area (Å²) in [5.41, 5.74) is 1.99. The summed E-state index contributed by atoms with van der Waals surface area (Å²) in [6.45, 7) is 2.49. The summed E-state index contributed by atoms with van der Waals surface area (Å²) in [6, 6.07) is 3.91. The lowest BCUT2D eigenvalue weighted by molar-refractivity contribution is 0.647. The van der Waals surface area contributed by atoms with E-state index in [9.17, 15) is 4.79 Å². The van der Waals surface area contributed by atoms with Gasteiger partial charge in [-0.25, -0.2) is 4.98 Å². The molecule has 0 aliphatic heterocycles. The molecule has 17 heavy (non-hydrogen) atoms. The first-order valence-electron chi connectivity index (χ1n) is 5.29. The summed E-state index contributed by atoms with van der Waals surface area (Å²) in [7, 11) is 0. The zero-order chi connectivity index (χ0) is 12.3. The molecule has 0 aliphatic carbocycles. The van der Waals surface area contributed by atoms with Gasteiger partial charge >= 0.3 is 0 Å². The fraction of sp³-hybridized carbons (Fsp3) is 0.250. The van der Waals surface area contributed by atoms with Crippen molar-refractivity contribution in [2.45, 2.75) is 19.9 Å². The number of halogens is 1. The summed E-state index contributed by atoms with van der Waals surface area (Å²) in [4.78, 5) is 20.1. The fourth-order valence-electron chi connectivity index (χ4n) is 1.50. The molecule has 0 fully saturated rings. The molecular weight excluding hydrogens is 329 g/mol. The van der Waals surface area contributed by atoms with Crippen molar-refractivity contribution in [1.29, 1.82) is 0 Å². The Morgan fingerprint density at radius 3 is 2.76 bits per heavy atom. The van der Waals surface area contributed by atoms with Gasteiger partial charge in [0.2, 0.25) is 0 Å². The molecule has 0 amide bonds. The second-order valence-electron chi connectivity index (χ2n) is 3.75. The molecule has 0 saturated carbocycles. The molecule has 88 valence electrons. The molecule has 0 atom stereocenters. The van der Waals surface area contributed by atoms with Crippen LogP contribution in [0.25, 0.3) is 0 Å². The Hall–Kier alpha value is -1.24. The Balaban J connectivity index is 2.16. The van der Waals surface area contributed by atoms with Crippen molar-refractivity contribution < 1.29 is 0 Å². The molecule has 5 heteroatoms. The first-order chi connectivity index (χ1) is 8.18. The molecule has 0 N–H and O–H groups in total. The van der Waals surface area contributed by atoms with Crippen LogP contribution in [0.4, 0.5) is 0 Å². The van der Waals surface area contributed by atoms with Crippen molar-refractivity contribution in [3.05, 3.63) is 56.0 Å². The average Bonchev–Trinajstić information content (AvgIpc) is 2.36. The van der Waals surface area contributed by atoms with E-state index in [-0.39, 0.29) is 5.56 Å². The number of hydrogen-bond donors (Lipinski definition) is 0. The van der Waals surface area contributed by atoms with Gasteiger partial charge in [-0.05, 0) is 53.6 Å². The van der Waals surface area contributed by atoms with E-state index in [0.717, 1.165) is 12.1 Å². The maximum Gasteiger partial charge on any atom is 0.267 e. The highest BCUT2D eigenvalue weighted by molar-refractivity contribution is 14.1. The zero-order valence-electron chi connectivity index (χ0n) is 9.43. The van der Waals surface area contributed by atoms with Gasteiger partial charge in [0.25, 0.3) is 5.56 Å². The molecule has 0 aromatic carbocycles. The highest BCUT2D eigenvalue weighted by Gasteiger charge is 2.04. The van der Waals surface area contributed by atoms with Crippen LogP contribution in [-0.2, 0) is 13.0 Å². The Labute approximate surface area is 113 Å². The van der Waals surface area contributed by atoms with Crippen molar-refractivity contribution in [2.24, 2.45) is 0 Å². The van der Waals surface area contributed by atoms with Crippen LogP contribution in [0.15, 0.2) is 35.6 Å². The second kappa shape index (κ2) is 5.39. The predicted molar refractivity (Wildman–Crippen MR) is 73.9 cm³/mol. The Morgan fingerprint density at radius 1 is 1.35 bits per heavy atom. The largest absolute Gasteiger partial charge is 0.298 e. The first kappa shape index (κ1) is 12.2. The smallest absolute Gasteiger partial charge is 0.267 e. The van der Waals surface area contributed by atoms with Gasteiger partial charge in [-0.3, -0.25) is 14.3 Å². The Kier molecular flexibility index (Phi) is 3.88. The lowest BCUT2D eigenvalue weighted by atomic mass is 10.2. The zero-order valence-corrected chi connectivity index (χ0v) is 11.6. The fourth-order valence-corrected chi connectivity index (χ4v) is 1.95. The lowest BCUT2D eigenvalue weighted by Gasteiger charge is -2.06. The van der Waals surface area contributed by atoms with Gasteiger partial charge in [0, 0.05) is 18.9 Å². The van der Waals surface area contributed by atoms with Gasteiger partial charge in [-0.2, -0.15) is 0 Å². The third-order valence-electron chi connectivity index (χ3n) is 2.55. The average molecular weight is 341 g/mol. The number of aromatic nitrogens is 3. The maximum atomic E-state index is 11.9. The van der Waals surface area contributed by atoms with Crippen LogP contribution in [-0.4, -0.2) is 14.5 Å². The number of hydrogen-bond acceptors (Lipinski definition) is 3. The monoisotopic (exact) mass is 341 g/mol. The summed E-state index contributed by atoms with van der Waals surface area (Å²) >= 11 is 2.04. The van der Waals surface area contributed by atoms with Crippen LogP contribution in [0, 0.1) is 10.5 Å². The van der Waals surface area contributed by atoms with Crippen LogP contribution in [0.1, 0.15) is 11.3 Å². The molecule has 0 radical (unpaired) electrons. The quantitative estimate of drug-likeness (QED) is 0.800. The summed E-state index contributed by atoms with van der Waals surface area (Å²) in [5.74, 6) is 0. The van der Waals surface area contributed by atoms with Gasteiger partial charge in [0.05, 0.1) is 15.6 Å². The molecule has 0 unspecified atom stereocenters. The molecule has 0 aliphatic rings. The van der Waals surface area contributed by atoms with Crippen molar-refractivity contribution in [3.8, 4) is 0 Å². The number of aryl methyl sites for hydroxylation is 3. The highest BCUT2D eigenvalue weighted by atomic mass is 127. The third-order valence-corrected chi connectivity index (χ3v) is 3.79. The van der Waals surface area contributed by atoms with Gasteiger partial charge in [-0.1, -0.05) is 0 Å². The molecule has 4 nitrogen and oxygen atoms in total. The van der Waals surface area contributed by atoms with E-state index in [1.54, 1.807) is 23.3 Å². The Morgan fingerprint density at radius 2 is 2.06 bits per heavy atom. The van der Waals surface area contributed by atoms with E-state index in [2.05, 4.69) is 9.97 Å². The topological polar surface area (TPSA) is 47.8 Å². The van der Waals surface area contributed by atoms with E-state index in [1.165, 1.54) is 5.56 Å². The van der Waals surface area contributed by atoms with Crippen LogP contribution in [0.5, 0.6) is 0 Å². The molecule has 0 spiro atoms. The van der Waals surface area contributed by atoms with Crippen LogP contribution in [0.2, 0.25) is 0 Å². The standard InChI is InChI=1S/C12H12IN3O/c1-9-11(13)12(17)16(8-15-9)7-4-10-2-5-14-6-3-10/h2-3,5-6,8H,4,7H2,1H3. The third kappa shape index (κ3) is 2.91. The van der Waals surface area contributed by atoms with Crippen LogP contribution in [0.3, 0.4) is 0 Å². The predicted octanol–water partition coefficient (Wildman–Crippen LogP) is 1.79. The van der Waals surface area contributed by atoms with Gasteiger partial charge < -0.3 is 0 Å². The summed E-state index contributed by atoms with van der Waals surface area (Å²) < 4.78 is 2.34. The first-order valence-corrected chi connectivity index (χ1v) is 6.37. The van der Waals surface area contributed by atoms with Gasteiger partial charge in [-0.15, -0.1) is 0 Å². The van der Waals surface area contributed by atoms with Crippen molar-refractivity contribution >= 4 is 22.6 Å². The van der Waals surface area contributed by atoms with Crippen molar-refractivity contribution in [3.63, 3.8) is 0 Å². The van der Waals surface area contributed by atoms with E-state index in [0.29, 0.717) is 10.1 Å². The molecule has 2 aromatic heterocycles. The lowest BCUT2D eigenvalue weighted by Crippen LogP contribution is -2.24. The number of nitrogens with zero attached hydrogens (tertiary/aromatic N) is 3. The number of rotatable bonds is 3. The molecular formula is C12H12IN3O. The summed E-state index contributed by atoms with van der Waals surface area (Å²) in [6.07, 6.45) is 5.94. The molecule has 2 aromatic rings. The highest BCUT2D eigenvalue weighted by Crippen LogP contribution is 2.03. The van der Waals surface area contributed by atoms with Crippen LogP contribution >= 0.6 is 22.6 Å². The number of pyridine rings is 1. The van der Waals surface area contributed by atoms with Crippen molar-refractivity contribution in [2.75, 3.05) is 0 Å². The minimum absolute atomic E-state index is 0.0344. The van der Waals surface area contributed by atoms with E-state index in [1.807, 2.05) is 41.6 Å². The summed E-state index contributed by atoms with van der Waals surface area (Å²) in [5, 5.41) is 0. The second-order valence-corrected chi connectivity index (χ2v) is 4.83. The molecule has 2 heterocycles. The molecule has 0 saturated heterocycles. The van der Waals surface area contributed by atoms with Gasteiger partial charge in [0.15, 0.2) is 0 Å². The van der Waals surface area contributed by atoms with E-state index in [4.69, 9.17) is 0 Å². The molecule has 2 rings (SSSR count). The maximum absolute atomic E-state index is 11.9. The van der Waals surface area contributed by atoms with E-state index >= 15 is 0 Å². The van der Waals surface area contributed by atoms with E-state index < -0.39 is 0 Å². The SMILES string of the molecule is Cc1ncn(CCc2ccncc2)c(=O)c1I. The normalized spacial score (nSPS) is 10.5. The minimum atomic E-state index is 0.0344. The van der Waals surface area contributed by atoms with Crippen LogP contribution < -0.4 is 5.56 Å². The van der Waals surface area contributed by atoms with Gasteiger partial charge in [0.1, 0.15) is 0 Å². The molecule has 0 bridgehead atoms.